The number of nitrogens with two attached hydrogens (primary N) is 1. The van der Waals surface area contributed by atoms with Crippen molar-refractivity contribution in [1.29, 1.82) is 0 Å². The maximum Gasteiger partial charge on any atom is 0.322 e. The average Bonchev–Trinajstić information content (AvgIpc) is 2.91. The van der Waals surface area contributed by atoms with E-state index in [0.717, 1.165) is 12.8 Å². The Labute approximate surface area is 78.8 Å². The number of ether oxygens (including phenoxy) is 1. The quantitative estimate of drug-likeness (QED) is 0.587. The Kier molecular flexibility index (Phi) is 3.69. The zero-order chi connectivity index (χ0) is 9.84. The van der Waals surface area contributed by atoms with Gasteiger partial charge in [0.05, 0.1) is 7.11 Å². The summed E-state index contributed by atoms with van der Waals surface area (Å²) in [5.74, 6) is 0.405. The molecule has 1 aliphatic carbocycles. The average molecular weight is 186 g/mol. The summed E-state index contributed by atoms with van der Waals surface area (Å²) in [7, 11) is 3.33. The van der Waals surface area contributed by atoms with E-state index in [9.17, 15) is 4.79 Å². The highest BCUT2D eigenvalue weighted by atomic mass is 16.5. The van der Waals surface area contributed by atoms with Gasteiger partial charge in [-0.05, 0) is 32.2 Å². The van der Waals surface area contributed by atoms with Crippen LogP contribution in [0.2, 0.25) is 0 Å². The lowest BCUT2D eigenvalue weighted by Gasteiger charge is -2.08. The van der Waals surface area contributed by atoms with Gasteiger partial charge in [0.15, 0.2) is 0 Å². The van der Waals surface area contributed by atoms with E-state index in [2.05, 4.69) is 10.1 Å². The van der Waals surface area contributed by atoms with Gasteiger partial charge in [-0.3, -0.25) is 4.79 Å². The maximum absolute atomic E-state index is 10.9. The van der Waals surface area contributed by atoms with Gasteiger partial charge in [0.1, 0.15) is 6.04 Å². The van der Waals surface area contributed by atoms with E-state index < -0.39 is 6.04 Å². The molecule has 4 nitrogen and oxygen atoms in total. The van der Waals surface area contributed by atoms with Crippen molar-refractivity contribution in [1.82, 2.24) is 5.32 Å². The lowest BCUT2D eigenvalue weighted by atomic mass is 10.1. The fourth-order valence-corrected chi connectivity index (χ4v) is 1.58. The molecule has 1 fully saturated rings. The van der Waals surface area contributed by atoms with Crippen molar-refractivity contribution in [3.63, 3.8) is 0 Å². The number of methoxy groups -OCH3 is 1. The van der Waals surface area contributed by atoms with E-state index in [1.165, 1.54) is 13.5 Å². The third kappa shape index (κ3) is 2.97. The van der Waals surface area contributed by atoms with Crippen LogP contribution in [0.1, 0.15) is 19.3 Å². The molecule has 1 aliphatic rings. The highest BCUT2D eigenvalue weighted by Crippen LogP contribution is 2.34. The molecule has 0 aromatic heterocycles. The predicted molar refractivity (Wildman–Crippen MR) is 50.2 cm³/mol. The van der Waals surface area contributed by atoms with Gasteiger partial charge >= 0.3 is 5.97 Å². The van der Waals surface area contributed by atoms with E-state index >= 15 is 0 Å². The monoisotopic (exact) mass is 186 g/mol. The second-order valence-electron chi connectivity index (χ2n) is 3.60. The minimum atomic E-state index is -0.442. The highest BCUT2D eigenvalue weighted by molar-refractivity contribution is 5.75. The third-order valence-corrected chi connectivity index (χ3v) is 2.65. The summed E-state index contributed by atoms with van der Waals surface area (Å²) in [6, 6.07) is 0.202. The Morgan fingerprint density at radius 3 is 2.92 bits per heavy atom. The predicted octanol–water partition coefficient (Wildman–Crippen LogP) is -0.125. The maximum atomic E-state index is 10.9. The molecule has 0 heterocycles. The SMILES string of the molecule is CNC1CC1CCC(N)C(=O)OC. The largest absolute Gasteiger partial charge is 0.468 e. The van der Waals surface area contributed by atoms with Crippen molar-refractivity contribution in [2.75, 3.05) is 14.2 Å². The first-order valence-corrected chi connectivity index (χ1v) is 4.69. The van der Waals surface area contributed by atoms with E-state index in [-0.39, 0.29) is 5.97 Å². The molecule has 0 saturated heterocycles. The standard InChI is InChI=1S/C9H18N2O2/c1-11-8-5-6(8)3-4-7(10)9(12)13-2/h6-8,11H,3-5,10H2,1-2H3. The number of esters is 1. The minimum absolute atomic E-state index is 0.304. The van der Waals surface area contributed by atoms with Crippen LogP contribution in [0.3, 0.4) is 0 Å². The van der Waals surface area contributed by atoms with E-state index in [0.29, 0.717) is 12.0 Å². The fraction of sp³-hybridized carbons (Fsp3) is 0.889. The molecule has 0 aromatic carbocycles. The van der Waals surface area contributed by atoms with Gasteiger partial charge in [-0.2, -0.15) is 0 Å². The van der Waals surface area contributed by atoms with E-state index in [1.54, 1.807) is 0 Å². The van der Waals surface area contributed by atoms with E-state index in [1.807, 2.05) is 7.05 Å². The van der Waals surface area contributed by atoms with Crippen LogP contribution in [0.4, 0.5) is 0 Å². The van der Waals surface area contributed by atoms with Crippen LogP contribution in [0.15, 0.2) is 0 Å². The van der Waals surface area contributed by atoms with Crippen molar-refractivity contribution < 1.29 is 9.53 Å². The molecule has 0 spiro atoms. The second-order valence-corrected chi connectivity index (χ2v) is 3.60. The normalized spacial score (nSPS) is 28.2. The summed E-state index contributed by atoms with van der Waals surface area (Å²) >= 11 is 0. The van der Waals surface area contributed by atoms with Gasteiger partial charge in [-0.1, -0.05) is 0 Å². The van der Waals surface area contributed by atoms with Crippen molar-refractivity contribution in [2.45, 2.75) is 31.3 Å². The van der Waals surface area contributed by atoms with Crippen LogP contribution in [0.25, 0.3) is 0 Å². The summed E-state index contributed by atoms with van der Waals surface area (Å²) in [6.45, 7) is 0. The van der Waals surface area contributed by atoms with E-state index in [4.69, 9.17) is 5.73 Å². The smallest absolute Gasteiger partial charge is 0.322 e. The molecule has 13 heavy (non-hydrogen) atoms. The molecule has 0 radical (unpaired) electrons. The Morgan fingerprint density at radius 2 is 2.46 bits per heavy atom. The van der Waals surface area contributed by atoms with Gasteiger partial charge in [0.2, 0.25) is 0 Å². The van der Waals surface area contributed by atoms with Crippen LogP contribution in [0, 0.1) is 5.92 Å². The lowest BCUT2D eigenvalue weighted by molar-refractivity contribution is -0.142. The summed E-state index contributed by atoms with van der Waals surface area (Å²) in [5, 5.41) is 3.20. The number of hydrogen-bond donors (Lipinski definition) is 2. The first kappa shape index (κ1) is 10.5. The molecule has 76 valence electrons. The number of rotatable bonds is 5. The Morgan fingerprint density at radius 1 is 1.77 bits per heavy atom. The Bertz CT molecular complexity index is 184. The number of carbonyl (C=O) groups is 1. The molecule has 1 saturated carbocycles. The van der Waals surface area contributed by atoms with Gasteiger partial charge in [-0.25, -0.2) is 0 Å². The van der Waals surface area contributed by atoms with Crippen LogP contribution in [-0.2, 0) is 9.53 Å². The van der Waals surface area contributed by atoms with Crippen molar-refractivity contribution >= 4 is 5.97 Å². The zero-order valence-corrected chi connectivity index (χ0v) is 8.25. The molecule has 3 N–H and O–H groups in total. The Balaban J connectivity index is 2.09. The summed E-state index contributed by atoms with van der Waals surface area (Å²) in [5.41, 5.74) is 5.60. The van der Waals surface area contributed by atoms with Gasteiger partial charge < -0.3 is 15.8 Å². The van der Waals surface area contributed by atoms with Gasteiger partial charge in [0, 0.05) is 6.04 Å². The molecular formula is C9H18N2O2. The fourth-order valence-electron chi connectivity index (χ4n) is 1.58. The second kappa shape index (κ2) is 4.58. The topological polar surface area (TPSA) is 64.3 Å². The molecule has 0 amide bonds. The molecule has 1 rings (SSSR count). The van der Waals surface area contributed by atoms with Crippen LogP contribution in [-0.4, -0.2) is 32.2 Å². The molecule has 3 atom stereocenters. The summed E-state index contributed by atoms with van der Waals surface area (Å²) < 4.78 is 4.54. The molecule has 4 heteroatoms. The number of carbonyl (C=O) groups excluding carboxylic acids is 1. The van der Waals surface area contributed by atoms with Crippen LogP contribution in [0.5, 0.6) is 0 Å². The summed E-state index contributed by atoms with van der Waals surface area (Å²) in [4.78, 5) is 10.9. The highest BCUT2D eigenvalue weighted by Gasteiger charge is 2.35. The number of hydrogen-bond acceptors (Lipinski definition) is 4. The molecule has 0 bridgehead atoms. The van der Waals surface area contributed by atoms with Crippen molar-refractivity contribution in [2.24, 2.45) is 11.7 Å². The first-order valence-electron chi connectivity index (χ1n) is 4.69. The van der Waals surface area contributed by atoms with Crippen LogP contribution < -0.4 is 11.1 Å². The van der Waals surface area contributed by atoms with Crippen molar-refractivity contribution in [3.8, 4) is 0 Å². The minimum Gasteiger partial charge on any atom is -0.468 e. The van der Waals surface area contributed by atoms with Gasteiger partial charge in [0.25, 0.3) is 0 Å². The third-order valence-electron chi connectivity index (χ3n) is 2.65. The lowest BCUT2D eigenvalue weighted by Crippen LogP contribution is -2.31. The number of nitrogens with one attached hydrogen (secondary N) is 1. The Hall–Kier alpha value is -0.610. The molecular weight excluding hydrogens is 168 g/mol. The first-order chi connectivity index (χ1) is 6.19. The summed E-state index contributed by atoms with van der Waals surface area (Å²) in [6.07, 6.45) is 2.96. The molecule has 0 aromatic rings. The molecule has 3 unspecified atom stereocenters. The van der Waals surface area contributed by atoms with Crippen molar-refractivity contribution in [3.05, 3.63) is 0 Å². The molecule has 0 aliphatic heterocycles. The zero-order valence-electron chi connectivity index (χ0n) is 8.25. The van der Waals surface area contributed by atoms with Gasteiger partial charge in [-0.15, -0.1) is 0 Å². The van der Waals surface area contributed by atoms with Crippen LogP contribution >= 0.6 is 0 Å².